The Kier molecular flexibility index (Phi) is 5.96. The zero-order valence-corrected chi connectivity index (χ0v) is 9.94. The minimum Gasteiger partial charge on any atom is -0.354 e. The Labute approximate surface area is 106 Å². The second kappa shape index (κ2) is 7.83. The van der Waals surface area contributed by atoms with E-state index in [0.717, 1.165) is 5.56 Å². The second-order valence-corrected chi connectivity index (χ2v) is 3.67. The summed E-state index contributed by atoms with van der Waals surface area (Å²) in [5.74, 6) is -0.126. The van der Waals surface area contributed by atoms with E-state index in [0.29, 0.717) is 25.1 Å². The number of nitrogens with zero attached hydrogens (tertiary/aromatic N) is 2. The average molecular weight is 242 g/mol. The SMILES string of the molecule is N#CCCNC(=O)CNCc1ccc(C#N)cc1. The highest BCUT2D eigenvalue weighted by molar-refractivity contribution is 5.77. The fourth-order valence-electron chi connectivity index (χ4n) is 1.34. The molecule has 18 heavy (non-hydrogen) atoms. The van der Waals surface area contributed by atoms with Crippen molar-refractivity contribution in [1.82, 2.24) is 10.6 Å². The summed E-state index contributed by atoms with van der Waals surface area (Å²) in [6.45, 7) is 1.16. The minimum absolute atomic E-state index is 0.126. The Balaban J connectivity index is 2.23. The molecule has 0 aliphatic rings. The lowest BCUT2D eigenvalue weighted by molar-refractivity contribution is -0.120. The van der Waals surface area contributed by atoms with Gasteiger partial charge in [-0.2, -0.15) is 10.5 Å². The molecule has 0 radical (unpaired) electrons. The third kappa shape index (κ3) is 5.11. The summed E-state index contributed by atoms with van der Waals surface area (Å²) in [7, 11) is 0. The predicted octanol–water partition coefficient (Wildman–Crippen LogP) is 0.678. The first-order valence-electron chi connectivity index (χ1n) is 5.59. The molecule has 5 heteroatoms. The number of carbonyl (C=O) groups is 1. The van der Waals surface area contributed by atoms with E-state index < -0.39 is 0 Å². The molecule has 0 fully saturated rings. The first-order valence-corrected chi connectivity index (χ1v) is 5.59. The van der Waals surface area contributed by atoms with E-state index >= 15 is 0 Å². The average Bonchev–Trinajstić information content (AvgIpc) is 2.40. The van der Waals surface area contributed by atoms with Crippen LogP contribution in [-0.4, -0.2) is 19.0 Å². The van der Waals surface area contributed by atoms with Crippen LogP contribution in [0.4, 0.5) is 0 Å². The van der Waals surface area contributed by atoms with E-state index in [9.17, 15) is 4.79 Å². The van der Waals surface area contributed by atoms with Crippen LogP contribution in [0.15, 0.2) is 24.3 Å². The topological polar surface area (TPSA) is 88.7 Å². The lowest BCUT2D eigenvalue weighted by atomic mass is 10.1. The van der Waals surface area contributed by atoms with E-state index in [2.05, 4.69) is 10.6 Å². The molecule has 0 aromatic heterocycles. The van der Waals surface area contributed by atoms with Crippen LogP contribution >= 0.6 is 0 Å². The summed E-state index contributed by atoms with van der Waals surface area (Å²) in [5, 5.41) is 22.6. The number of nitriles is 2. The summed E-state index contributed by atoms with van der Waals surface area (Å²) in [5.41, 5.74) is 1.63. The van der Waals surface area contributed by atoms with Gasteiger partial charge in [0, 0.05) is 13.1 Å². The quantitative estimate of drug-likeness (QED) is 0.718. The maximum absolute atomic E-state index is 11.3. The van der Waals surface area contributed by atoms with Crippen molar-refractivity contribution in [2.45, 2.75) is 13.0 Å². The van der Waals surface area contributed by atoms with Gasteiger partial charge in [0.05, 0.1) is 30.7 Å². The summed E-state index contributed by atoms with van der Waals surface area (Å²) >= 11 is 0. The van der Waals surface area contributed by atoms with Crippen LogP contribution in [0.25, 0.3) is 0 Å². The second-order valence-electron chi connectivity index (χ2n) is 3.67. The van der Waals surface area contributed by atoms with Gasteiger partial charge in [0.2, 0.25) is 5.91 Å². The van der Waals surface area contributed by atoms with Gasteiger partial charge in [-0.15, -0.1) is 0 Å². The van der Waals surface area contributed by atoms with Crippen LogP contribution in [0.3, 0.4) is 0 Å². The van der Waals surface area contributed by atoms with E-state index in [-0.39, 0.29) is 12.5 Å². The molecule has 0 saturated carbocycles. The molecule has 0 bridgehead atoms. The molecular formula is C13H14N4O. The van der Waals surface area contributed by atoms with Crippen molar-refractivity contribution >= 4 is 5.91 Å². The van der Waals surface area contributed by atoms with Gasteiger partial charge in [0.15, 0.2) is 0 Å². The Morgan fingerprint density at radius 2 is 1.94 bits per heavy atom. The van der Waals surface area contributed by atoms with Gasteiger partial charge >= 0.3 is 0 Å². The standard InChI is InChI=1S/C13H14N4O/c14-6-1-7-17-13(18)10-16-9-12-4-2-11(8-15)3-5-12/h2-5,16H,1,7,9-10H2,(H,17,18). The van der Waals surface area contributed by atoms with Crippen LogP contribution in [-0.2, 0) is 11.3 Å². The fraction of sp³-hybridized carbons (Fsp3) is 0.308. The Morgan fingerprint density at radius 1 is 1.22 bits per heavy atom. The highest BCUT2D eigenvalue weighted by Gasteiger charge is 1.99. The molecule has 1 rings (SSSR count). The summed E-state index contributed by atoms with van der Waals surface area (Å²) in [6, 6.07) is 11.2. The molecule has 0 aliphatic carbocycles. The third-order valence-corrected chi connectivity index (χ3v) is 2.26. The first-order chi connectivity index (χ1) is 8.76. The van der Waals surface area contributed by atoms with Crippen LogP contribution in [0.1, 0.15) is 17.5 Å². The van der Waals surface area contributed by atoms with Gasteiger partial charge in [-0.1, -0.05) is 12.1 Å². The van der Waals surface area contributed by atoms with E-state index in [1.54, 1.807) is 12.1 Å². The molecule has 1 aromatic carbocycles. The number of hydrogen-bond acceptors (Lipinski definition) is 4. The smallest absolute Gasteiger partial charge is 0.234 e. The number of carbonyl (C=O) groups excluding carboxylic acids is 1. The van der Waals surface area contributed by atoms with Crippen molar-refractivity contribution in [2.75, 3.05) is 13.1 Å². The highest BCUT2D eigenvalue weighted by Crippen LogP contribution is 2.02. The number of nitrogens with one attached hydrogen (secondary N) is 2. The van der Waals surface area contributed by atoms with Crippen molar-refractivity contribution in [3.8, 4) is 12.1 Å². The molecule has 0 spiro atoms. The third-order valence-electron chi connectivity index (χ3n) is 2.26. The maximum Gasteiger partial charge on any atom is 0.234 e. The molecule has 92 valence electrons. The Hall–Kier alpha value is -2.37. The Morgan fingerprint density at radius 3 is 2.56 bits per heavy atom. The molecule has 1 amide bonds. The van der Waals surface area contributed by atoms with Crippen LogP contribution in [0, 0.1) is 22.7 Å². The summed E-state index contributed by atoms with van der Waals surface area (Å²) < 4.78 is 0. The maximum atomic E-state index is 11.3. The van der Waals surface area contributed by atoms with Crippen molar-refractivity contribution in [2.24, 2.45) is 0 Å². The number of amides is 1. The van der Waals surface area contributed by atoms with E-state index in [4.69, 9.17) is 10.5 Å². The molecule has 0 heterocycles. The highest BCUT2D eigenvalue weighted by atomic mass is 16.1. The minimum atomic E-state index is -0.126. The van der Waals surface area contributed by atoms with Crippen LogP contribution < -0.4 is 10.6 Å². The van der Waals surface area contributed by atoms with Gasteiger partial charge in [0.25, 0.3) is 0 Å². The van der Waals surface area contributed by atoms with Gasteiger partial charge < -0.3 is 10.6 Å². The molecule has 1 aromatic rings. The molecule has 2 N–H and O–H groups in total. The van der Waals surface area contributed by atoms with E-state index in [1.807, 2.05) is 24.3 Å². The van der Waals surface area contributed by atoms with Crippen molar-refractivity contribution < 1.29 is 4.79 Å². The lowest BCUT2D eigenvalue weighted by Crippen LogP contribution is -2.34. The number of hydrogen-bond donors (Lipinski definition) is 2. The van der Waals surface area contributed by atoms with Gasteiger partial charge in [-0.05, 0) is 17.7 Å². The predicted molar refractivity (Wildman–Crippen MR) is 66.1 cm³/mol. The van der Waals surface area contributed by atoms with E-state index in [1.165, 1.54) is 0 Å². The normalized spacial score (nSPS) is 9.22. The van der Waals surface area contributed by atoms with Crippen LogP contribution in [0.5, 0.6) is 0 Å². The monoisotopic (exact) mass is 242 g/mol. The molecule has 0 saturated heterocycles. The number of rotatable bonds is 6. The zero-order chi connectivity index (χ0) is 13.2. The van der Waals surface area contributed by atoms with Crippen LogP contribution in [0.2, 0.25) is 0 Å². The Bertz CT molecular complexity index is 467. The molecule has 5 nitrogen and oxygen atoms in total. The fourth-order valence-corrected chi connectivity index (χ4v) is 1.34. The summed E-state index contributed by atoms with van der Waals surface area (Å²) in [6.07, 6.45) is 0.321. The molecule has 0 atom stereocenters. The molecule has 0 unspecified atom stereocenters. The van der Waals surface area contributed by atoms with Crippen molar-refractivity contribution in [3.05, 3.63) is 35.4 Å². The van der Waals surface area contributed by atoms with Crippen molar-refractivity contribution in [1.29, 1.82) is 10.5 Å². The van der Waals surface area contributed by atoms with Gasteiger partial charge in [-0.3, -0.25) is 4.79 Å². The number of benzene rings is 1. The van der Waals surface area contributed by atoms with Gasteiger partial charge in [-0.25, -0.2) is 0 Å². The van der Waals surface area contributed by atoms with Gasteiger partial charge in [0.1, 0.15) is 0 Å². The molecule has 0 aliphatic heterocycles. The summed E-state index contributed by atoms with van der Waals surface area (Å²) in [4.78, 5) is 11.3. The van der Waals surface area contributed by atoms with Crippen molar-refractivity contribution in [3.63, 3.8) is 0 Å². The largest absolute Gasteiger partial charge is 0.354 e. The molecular weight excluding hydrogens is 228 g/mol. The first kappa shape index (κ1) is 13.7. The zero-order valence-electron chi connectivity index (χ0n) is 9.94. The lowest BCUT2D eigenvalue weighted by Gasteiger charge is -2.05.